The van der Waals surface area contributed by atoms with E-state index in [1.165, 1.54) is 0 Å². The minimum absolute atomic E-state index is 0. The van der Waals surface area contributed by atoms with Gasteiger partial charge in [-0.25, -0.2) is 0 Å². The van der Waals surface area contributed by atoms with Crippen LogP contribution in [-0.4, -0.2) is 25.9 Å². The molecule has 0 heterocycles. The summed E-state index contributed by atoms with van der Waals surface area (Å²) in [6.45, 7) is 0. The summed E-state index contributed by atoms with van der Waals surface area (Å²) in [6, 6.07) is 0. The van der Waals surface area contributed by atoms with Gasteiger partial charge in [-0.15, -0.1) is 0 Å². The number of carbonyl (C=O) groups excluding carboxylic acids is 1. The topological polar surface area (TPSA) is 17.1 Å². The maximum Gasteiger partial charge on any atom is 0 e. The van der Waals surface area contributed by atoms with E-state index >= 15 is 0 Å². The van der Waals surface area contributed by atoms with E-state index < -0.39 is 0 Å². The molecule has 1 nitrogen and oxygen atoms in total. The van der Waals surface area contributed by atoms with Crippen molar-refractivity contribution < 1.29 is 21.9 Å². The molecule has 0 atom stereocenters. The molecule has 0 aliphatic heterocycles. The van der Waals surface area contributed by atoms with Crippen molar-refractivity contribution in [1.82, 2.24) is 0 Å². The predicted octanol–water partition coefficient (Wildman–Crippen LogP) is -0.780. The zero-order valence-electron chi connectivity index (χ0n) is 1.76. The quantitative estimate of drug-likeness (QED) is 0.471. The Labute approximate surface area is 47.8 Å². The first-order valence-electron chi connectivity index (χ1n) is 0.454. The number of hydrogen-bond donors (Lipinski definition) is 0. The third kappa shape index (κ3) is 12.9. The summed E-state index contributed by atoms with van der Waals surface area (Å²) in [6.07, 6.45) is 0. The van der Waals surface area contributed by atoms with Crippen LogP contribution in [0.3, 0.4) is 0 Å². The Balaban J connectivity index is 0. The molecule has 0 fully saturated rings. The minimum atomic E-state index is 0. The van der Waals surface area contributed by atoms with Crippen molar-refractivity contribution in [2.45, 2.75) is 0 Å². The van der Waals surface area contributed by atoms with Gasteiger partial charge < -0.3 is 0 Å². The average Bonchev–Trinajstić information content (AvgIpc) is 0.918. The van der Waals surface area contributed by atoms with Gasteiger partial charge in [0.05, 0.1) is 0 Å². The molecule has 0 amide bonds. The van der Waals surface area contributed by atoms with Crippen molar-refractivity contribution in [2.75, 3.05) is 0 Å². The third-order valence-corrected chi connectivity index (χ3v) is 0. The molecule has 0 unspecified atom stereocenters. The molecule has 0 saturated carbocycles. The van der Waals surface area contributed by atoms with Crippen LogP contribution in [0.25, 0.3) is 0 Å². The van der Waals surface area contributed by atoms with Gasteiger partial charge in [-0.2, -0.15) is 0 Å². The molecule has 0 aliphatic carbocycles. The first kappa shape index (κ1) is 8.86. The smallest absolute Gasteiger partial charge is 0 e. The minimum Gasteiger partial charge on any atom is 0 e. The third-order valence-electron chi connectivity index (χ3n) is 0. The summed E-state index contributed by atoms with van der Waals surface area (Å²) in [5.74, 6) is 0. The SMILES string of the molecule is O=[C]=[Sn].[Fe]. The Hall–Kier alpha value is 0.898. The first-order valence-corrected chi connectivity index (χ1v) is 1.88. The van der Waals surface area contributed by atoms with E-state index in [4.69, 9.17) is 4.79 Å². The van der Waals surface area contributed by atoms with Gasteiger partial charge in [-0.1, -0.05) is 0 Å². The van der Waals surface area contributed by atoms with E-state index in [0.29, 0.717) is 0 Å². The van der Waals surface area contributed by atoms with Crippen LogP contribution in [0, 0.1) is 0 Å². The molecule has 0 aliphatic rings. The first-order chi connectivity index (χ1) is 1.41. The Kier molecular flexibility index (Phi) is 20.1. The normalized spacial score (nSPS) is 2.00. The van der Waals surface area contributed by atoms with E-state index in [1.807, 2.05) is 0 Å². The monoisotopic (exact) mass is 204 g/mol. The van der Waals surface area contributed by atoms with Gasteiger partial charge in [0, 0.05) is 17.1 Å². The van der Waals surface area contributed by atoms with Crippen molar-refractivity contribution in [2.24, 2.45) is 0 Å². The summed E-state index contributed by atoms with van der Waals surface area (Å²) < 4.78 is 1.59. The molecule has 0 spiro atoms. The summed E-state index contributed by atoms with van der Waals surface area (Å²) in [4.78, 5) is 8.72. The van der Waals surface area contributed by atoms with E-state index in [1.54, 1.807) is 3.89 Å². The van der Waals surface area contributed by atoms with Gasteiger partial charge in [0.1, 0.15) is 0 Å². The van der Waals surface area contributed by atoms with Gasteiger partial charge in [-0.05, 0) is 0 Å². The van der Waals surface area contributed by atoms with Gasteiger partial charge in [0.25, 0.3) is 0 Å². The summed E-state index contributed by atoms with van der Waals surface area (Å²) in [5, 5.41) is 0. The standard InChI is InChI=1S/CO.Fe.Sn/c1-2;;. The fraction of sp³-hybridized carbons (Fsp3) is 0. The largest absolute Gasteiger partial charge is 0 e. The second kappa shape index (κ2) is 9.09. The second-order valence-electron chi connectivity index (χ2n) is 0.102. The molecule has 22 valence electrons. The molecule has 0 saturated heterocycles. The van der Waals surface area contributed by atoms with E-state index in [-0.39, 0.29) is 17.1 Å². The Morgan fingerprint density at radius 3 is 1.75 bits per heavy atom. The molecule has 4 heavy (non-hydrogen) atoms. The van der Waals surface area contributed by atoms with Gasteiger partial charge >= 0.3 is 30.7 Å². The van der Waals surface area contributed by atoms with Gasteiger partial charge in [0.2, 0.25) is 0 Å². The van der Waals surface area contributed by atoms with Crippen LogP contribution in [0.2, 0.25) is 0 Å². The molecule has 0 aromatic carbocycles. The maximum absolute atomic E-state index is 8.72. The van der Waals surface area contributed by atoms with E-state index in [2.05, 4.69) is 0 Å². The van der Waals surface area contributed by atoms with Crippen molar-refractivity contribution in [3.63, 3.8) is 0 Å². The fourth-order valence-corrected chi connectivity index (χ4v) is 0. The van der Waals surface area contributed by atoms with Crippen LogP contribution in [0.5, 0.6) is 0 Å². The average molecular weight is 203 g/mol. The van der Waals surface area contributed by atoms with Crippen LogP contribution in [0.15, 0.2) is 0 Å². The Morgan fingerprint density at radius 1 is 1.75 bits per heavy atom. The van der Waals surface area contributed by atoms with Crippen LogP contribution in [-0.2, 0) is 21.9 Å². The molecule has 0 rings (SSSR count). The molecular formula is CFeOSn. The zero-order valence-corrected chi connectivity index (χ0v) is 5.72. The molecular weight excluding hydrogens is 203 g/mol. The molecule has 2 radical (unpaired) electrons. The fourth-order valence-electron chi connectivity index (χ4n) is 0. The van der Waals surface area contributed by atoms with Crippen molar-refractivity contribution in [3.05, 3.63) is 0 Å². The van der Waals surface area contributed by atoms with Gasteiger partial charge in [-0.3, -0.25) is 0 Å². The maximum atomic E-state index is 8.72. The molecule has 0 aromatic heterocycles. The van der Waals surface area contributed by atoms with Crippen molar-refractivity contribution in [1.29, 1.82) is 0 Å². The summed E-state index contributed by atoms with van der Waals surface area (Å²) in [7, 11) is 0. The number of rotatable bonds is 0. The molecule has 0 aromatic rings. The van der Waals surface area contributed by atoms with Gasteiger partial charge in [0.15, 0.2) is 0 Å². The van der Waals surface area contributed by atoms with Crippen LogP contribution in [0.4, 0.5) is 0 Å². The Bertz CT molecular complexity index is 29.0. The zero-order chi connectivity index (χ0) is 2.71. The van der Waals surface area contributed by atoms with Crippen LogP contribution >= 0.6 is 0 Å². The Morgan fingerprint density at radius 2 is 1.75 bits per heavy atom. The van der Waals surface area contributed by atoms with Crippen molar-refractivity contribution in [3.8, 4) is 0 Å². The predicted molar refractivity (Wildman–Crippen MR) is 11.4 cm³/mol. The van der Waals surface area contributed by atoms with E-state index in [9.17, 15) is 0 Å². The molecule has 0 N–H and O–H groups in total. The summed E-state index contributed by atoms with van der Waals surface area (Å²) in [5.41, 5.74) is 0. The molecule has 3 heteroatoms. The molecule has 0 bridgehead atoms. The second-order valence-corrected chi connectivity index (χ2v) is 0.685. The van der Waals surface area contributed by atoms with Crippen LogP contribution in [0.1, 0.15) is 0 Å². The number of hydrogen-bond acceptors (Lipinski definition) is 1. The van der Waals surface area contributed by atoms with E-state index in [0.717, 1.165) is 22.1 Å². The van der Waals surface area contributed by atoms with Crippen LogP contribution < -0.4 is 0 Å². The summed E-state index contributed by atoms with van der Waals surface area (Å²) >= 11 is 0.829. The van der Waals surface area contributed by atoms with Crippen molar-refractivity contribution >= 4 is 25.9 Å².